The molecule has 0 heterocycles. The number of hydrogen-bond acceptors (Lipinski definition) is 1. The zero-order chi connectivity index (χ0) is 18.6. The first-order valence-corrected chi connectivity index (χ1v) is 11.9. The van der Waals surface area contributed by atoms with Crippen molar-refractivity contribution in [2.75, 3.05) is 0 Å². The Morgan fingerprint density at radius 1 is 0.741 bits per heavy atom. The summed E-state index contributed by atoms with van der Waals surface area (Å²) in [4.78, 5) is 12.5. The van der Waals surface area contributed by atoms with E-state index in [1.807, 2.05) is 0 Å². The fourth-order valence-electron chi connectivity index (χ4n) is 6.64. The Bertz CT molecular complexity index is 581. The second-order valence-corrected chi connectivity index (χ2v) is 9.77. The summed E-state index contributed by atoms with van der Waals surface area (Å²) in [5.41, 5.74) is 3.74. The lowest BCUT2D eigenvalue weighted by atomic mass is 9.65. The van der Waals surface area contributed by atoms with E-state index in [0.717, 1.165) is 17.9 Å². The monoisotopic (exact) mass is 370 g/mol. The molecule has 0 aliphatic heterocycles. The van der Waals surface area contributed by atoms with Gasteiger partial charge in [0.05, 0.1) is 0 Å². The van der Waals surface area contributed by atoms with Gasteiger partial charge in [-0.15, -0.1) is 0 Å². The number of carboxylic acids is 1. The Balaban J connectivity index is 1.70. The van der Waals surface area contributed by atoms with E-state index in [4.69, 9.17) is 0 Å². The van der Waals surface area contributed by atoms with Gasteiger partial charge in [0.15, 0.2) is 0 Å². The first-order chi connectivity index (χ1) is 13.2. The first kappa shape index (κ1) is 19.3. The SMILES string of the molecule is O=C(O)C1=C(C2CCCCC2)C=C(C2CCCCC2)CC1C1CCCCC1. The fraction of sp³-hybridized carbons (Fsp3) is 0.800. The van der Waals surface area contributed by atoms with Crippen LogP contribution in [0.2, 0.25) is 0 Å². The van der Waals surface area contributed by atoms with Crippen molar-refractivity contribution in [3.8, 4) is 0 Å². The zero-order valence-electron chi connectivity index (χ0n) is 17.1. The summed E-state index contributed by atoms with van der Waals surface area (Å²) in [5.74, 6) is 1.54. The summed E-state index contributed by atoms with van der Waals surface area (Å²) in [6, 6.07) is 0. The highest BCUT2D eigenvalue weighted by Crippen LogP contribution is 2.48. The van der Waals surface area contributed by atoms with E-state index in [1.54, 1.807) is 5.57 Å². The predicted molar refractivity (Wildman–Crippen MR) is 111 cm³/mol. The number of allylic oxidation sites excluding steroid dienone is 3. The van der Waals surface area contributed by atoms with Crippen LogP contribution in [-0.4, -0.2) is 11.1 Å². The van der Waals surface area contributed by atoms with Crippen LogP contribution in [0, 0.1) is 23.7 Å². The van der Waals surface area contributed by atoms with Crippen molar-refractivity contribution in [1.82, 2.24) is 0 Å². The summed E-state index contributed by atoms with van der Waals surface area (Å²) in [7, 11) is 0. The minimum atomic E-state index is -0.606. The molecule has 0 amide bonds. The average molecular weight is 371 g/mol. The highest BCUT2D eigenvalue weighted by molar-refractivity contribution is 5.89. The lowest BCUT2D eigenvalue weighted by Crippen LogP contribution is -2.31. The van der Waals surface area contributed by atoms with Crippen LogP contribution in [0.1, 0.15) is 103 Å². The Morgan fingerprint density at radius 2 is 1.26 bits per heavy atom. The van der Waals surface area contributed by atoms with Gasteiger partial charge in [-0.05, 0) is 74.2 Å². The number of carboxylic acid groups (broad SMARTS) is 1. The Morgan fingerprint density at radius 3 is 1.81 bits per heavy atom. The largest absolute Gasteiger partial charge is 0.478 e. The summed E-state index contributed by atoms with van der Waals surface area (Å²) in [5, 5.41) is 10.2. The van der Waals surface area contributed by atoms with Crippen molar-refractivity contribution >= 4 is 5.97 Å². The van der Waals surface area contributed by atoms with Crippen LogP contribution in [0.4, 0.5) is 0 Å². The molecule has 0 saturated heterocycles. The Labute approximate surface area is 165 Å². The van der Waals surface area contributed by atoms with Crippen LogP contribution < -0.4 is 0 Å². The Kier molecular flexibility index (Phi) is 6.40. The van der Waals surface area contributed by atoms with Gasteiger partial charge >= 0.3 is 5.97 Å². The third-order valence-electron chi connectivity index (χ3n) is 8.10. The molecule has 3 saturated carbocycles. The summed E-state index contributed by atoms with van der Waals surface area (Å²) in [6.07, 6.45) is 23.0. The molecule has 150 valence electrons. The molecule has 4 aliphatic rings. The lowest BCUT2D eigenvalue weighted by molar-refractivity contribution is -0.133. The van der Waals surface area contributed by atoms with Crippen LogP contribution in [0.15, 0.2) is 22.8 Å². The molecule has 27 heavy (non-hydrogen) atoms. The van der Waals surface area contributed by atoms with Crippen molar-refractivity contribution in [2.45, 2.75) is 103 Å². The van der Waals surface area contributed by atoms with Gasteiger partial charge in [-0.2, -0.15) is 0 Å². The van der Waals surface area contributed by atoms with Crippen molar-refractivity contribution < 1.29 is 9.90 Å². The predicted octanol–water partition coefficient (Wildman–Crippen LogP) is 7.05. The van der Waals surface area contributed by atoms with Crippen LogP contribution in [-0.2, 0) is 4.79 Å². The molecule has 0 aromatic rings. The molecular formula is C25H38O2. The van der Waals surface area contributed by atoms with Crippen molar-refractivity contribution in [2.24, 2.45) is 23.7 Å². The van der Waals surface area contributed by atoms with Gasteiger partial charge in [-0.1, -0.05) is 69.4 Å². The van der Waals surface area contributed by atoms with Crippen molar-refractivity contribution in [3.63, 3.8) is 0 Å². The number of hydrogen-bond donors (Lipinski definition) is 1. The second-order valence-electron chi connectivity index (χ2n) is 9.77. The number of carbonyl (C=O) groups is 1. The van der Waals surface area contributed by atoms with E-state index in [0.29, 0.717) is 17.8 Å². The minimum absolute atomic E-state index is 0.293. The molecule has 2 heteroatoms. The molecular weight excluding hydrogens is 332 g/mol. The van der Waals surface area contributed by atoms with Gasteiger partial charge in [0.25, 0.3) is 0 Å². The third-order valence-corrected chi connectivity index (χ3v) is 8.10. The lowest BCUT2D eigenvalue weighted by Gasteiger charge is -2.39. The molecule has 2 nitrogen and oxygen atoms in total. The maximum Gasteiger partial charge on any atom is 0.332 e. The highest BCUT2D eigenvalue weighted by Gasteiger charge is 2.38. The Hall–Kier alpha value is -1.05. The van der Waals surface area contributed by atoms with Gasteiger partial charge in [0, 0.05) is 5.57 Å². The first-order valence-electron chi connectivity index (χ1n) is 11.9. The maximum atomic E-state index is 12.5. The van der Waals surface area contributed by atoms with Gasteiger partial charge in [0.2, 0.25) is 0 Å². The molecule has 0 spiro atoms. The van der Waals surface area contributed by atoms with Gasteiger partial charge in [-0.3, -0.25) is 0 Å². The topological polar surface area (TPSA) is 37.3 Å². The molecule has 0 radical (unpaired) electrons. The molecule has 1 atom stereocenters. The second kappa shape index (κ2) is 8.97. The standard InChI is InChI=1S/C25H38O2/c26-25(27)24-22(19-12-6-2-7-13-19)16-21(18-10-4-1-5-11-18)17-23(24)20-14-8-3-9-15-20/h16,18-20,23H,1-15,17H2,(H,26,27). The molecule has 3 fully saturated rings. The van der Waals surface area contributed by atoms with Crippen LogP contribution in [0.3, 0.4) is 0 Å². The van der Waals surface area contributed by atoms with Crippen molar-refractivity contribution in [3.05, 3.63) is 22.8 Å². The summed E-state index contributed by atoms with van der Waals surface area (Å²) in [6.45, 7) is 0. The third kappa shape index (κ3) is 4.35. The van der Waals surface area contributed by atoms with E-state index in [-0.39, 0.29) is 0 Å². The highest BCUT2D eigenvalue weighted by atomic mass is 16.4. The molecule has 1 unspecified atom stereocenters. The van der Waals surface area contributed by atoms with Gasteiger partial charge in [-0.25, -0.2) is 4.79 Å². The zero-order valence-corrected chi connectivity index (χ0v) is 17.1. The maximum absolute atomic E-state index is 12.5. The smallest absolute Gasteiger partial charge is 0.332 e. The van der Waals surface area contributed by atoms with Crippen LogP contribution >= 0.6 is 0 Å². The molecule has 4 rings (SSSR count). The number of aliphatic carboxylic acids is 1. The van der Waals surface area contributed by atoms with Gasteiger partial charge in [0.1, 0.15) is 0 Å². The molecule has 0 bridgehead atoms. The quantitative estimate of drug-likeness (QED) is 0.575. The number of rotatable bonds is 4. The average Bonchev–Trinajstić information content (AvgIpc) is 2.74. The summed E-state index contributed by atoms with van der Waals surface area (Å²) < 4.78 is 0. The van der Waals surface area contributed by atoms with Gasteiger partial charge < -0.3 is 5.11 Å². The molecule has 0 aromatic heterocycles. The van der Waals surface area contributed by atoms with Crippen LogP contribution in [0.5, 0.6) is 0 Å². The molecule has 1 N–H and O–H groups in total. The minimum Gasteiger partial charge on any atom is -0.478 e. The fourth-order valence-corrected chi connectivity index (χ4v) is 6.64. The van der Waals surface area contributed by atoms with E-state index in [1.165, 1.54) is 102 Å². The molecule has 0 aromatic carbocycles. The van der Waals surface area contributed by atoms with E-state index >= 15 is 0 Å². The normalized spacial score (nSPS) is 29.6. The van der Waals surface area contributed by atoms with Crippen molar-refractivity contribution in [1.29, 1.82) is 0 Å². The van der Waals surface area contributed by atoms with E-state index in [9.17, 15) is 9.90 Å². The van der Waals surface area contributed by atoms with E-state index < -0.39 is 5.97 Å². The molecule has 4 aliphatic carbocycles. The van der Waals surface area contributed by atoms with Crippen LogP contribution in [0.25, 0.3) is 0 Å². The van der Waals surface area contributed by atoms with E-state index in [2.05, 4.69) is 6.08 Å². The summed E-state index contributed by atoms with van der Waals surface area (Å²) >= 11 is 0.